The van der Waals surface area contributed by atoms with E-state index in [9.17, 15) is 4.79 Å². The smallest absolute Gasteiger partial charge is 0.409 e. The number of fused-ring (bicyclic) bond motifs is 3. The van der Waals surface area contributed by atoms with Gasteiger partial charge in [0.05, 0.1) is 126 Å². The third-order valence-corrected chi connectivity index (χ3v) is 10.5. The number of hydrogen-bond acceptors (Lipinski definition) is 12. The fourth-order valence-corrected chi connectivity index (χ4v) is 6.95. The molecule has 2 aromatic carbocycles. The van der Waals surface area contributed by atoms with Crippen molar-refractivity contribution in [3.05, 3.63) is 59.7 Å². The average molecular weight is 876 g/mol. The van der Waals surface area contributed by atoms with Crippen LogP contribution in [-0.2, 0) is 52.1 Å². The van der Waals surface area contributed by atoms with E-state index in [1.54, 1.807) is 7.05 Å². The van der Waals surface area contributed by atoms with Crippen molar-refractivity contribution in [2.45, 2.75) is 83.5 Å². The summed E-state index contributed by atoms with van der Waals surface area (Å²) in [6, 6.07) is 16.6. The highest BCUT2D eigenvalue weighted by atomic mass is 16.6. The molecule has 13 heteroatoms. The summed E-state index contributed by atoms with van der Waals surface area (Å²) in [4.78, 5) is 14.2. The van der Waals surface area contributed by atoms with Crippen LogP contribution in [0.5, 0.6) is 0 Å². The molecule has 0 fully saturated rings. The van der Waals surface area contributed by atoms with Crippen molar-refractivity contribution in [2.75, 3.05) is 152 Å². The molecule has 0 bridgehead atoms. The van der Waals surface area contributed by atoms with Gasteiger partial charge in [-0.25, -0.2) is 4.79 Å². The predicted octanol–water partition coefficient (Wildman–Crippen LogP) is 8.34. The highest BCUT2D eigenvalue weighted by Gasteiger charge is 2.29. The van der Waals surface area contributed by atoms with Crippen molar-refractivity contribution in [3.8, 4) is 11.1 Å². The lowest BCUT2D eigenvalue weighted by Crippen LogP contribution is -2.32. The summed E-state index contributed by atoms with van der Waals surface area (Å²) in [5, 5.41) is 0. The monoisotopic (exact) mass is 876 g/mol. The molecule has 13 nitrogen and oxygen atoms in total. The Bertz CT molecular complexity index is 1290. The number of unbranched alkanes of at least 4 members (excludes halogenated alkanes) is 10. The average Bonchev–Trinajstić information content (AvgIpc) is 3.61. The van der Waals surface area contributed by atoms with E-state index in [1.165, 1.54) is 91.4 Å². The Hall–Kier alpha value is -2.69. The lowest BCUT2D eigenvalue weighted by Gasteiger charge is -2.19. The maximum absolute atomic E-state index is 12.6. The molecule has 0 aliphatic heterocycles. The third-order valence-electron chi connectivity index (χ3n) is 10.5. The Labute approximate surface area is 373 Å². The van der Waals surface area contributed by atoms with Crippen molar-refractivity contribution < 1.29 is 56.9 Å². The van der Waals surface area contributed by atoms with Crippen LogP contribution in [0.2, 0.25) is 0 Å². The van der Waals surface area contributed by atoms with Crippen LogP contribution in [0.15, 0.2) is 48.5 Å². The Kier molecular flexibility index (Phi) is 33.5. The van der Waals surface area contributed by atoms with Crippen molar-refractivity contribution in [2.24, 2.45) is 0 Å². The molecule has 62 heavy (non-hydrogen) atoms. The molecular weight excluding hydrogens is 795 g/mol. The zero-order chi connectivity index (χ0) is 43.8. The summed E-state index contributed by atoms with van der Waals surface area (Å²) in [5.74, 6) is 0.0397. The van der Waals surface area contributed by atoms with E-state index < -0.39 is 0 Å². The van der Waals surface area contributed by atoms with Crippen LogP contribution < -0.4 is 0 Å². The lowest BCUT2D eigenvalue weighted by molar-refractivity contribution is -0.0266. The number of carbonyl (C=O) groups excluding carboxylic acids is 1. The van der Waals surface area contributed by atoms with E-state index in [2.05, 4.69) is 31.2 Å². The first-order valence-electron chi connectivity index (χ1n) is 23.6. The minimum Gasteiger partial charge on any atom is -0.448 e. The van der Waals surface area contributed by atoms with Crippen molar-refractivity contribution in [1.29, 1.82) is 0 Å². The number of likely N-dealkylation sites (N-methyl/N-ethyl adjacent to an activating group) is 1. The molecule has 1 amide bonds. The van der Waals surface area contributed by atoms with Gasteiger partial charge in [-0.3, -0.25) is 0 Å². The first-order valence-corrected chi connectivity index (χ1v) is 23.6. The van der Waals surface area contributed by atoms with Crippen LogP contribution in [0.1, 0.15) is 94.6 Å². The molecular formula is C49H81NO12. The molecule has 2 aromatic rings. The Balaban J connectivity index is 0.931. The first kappa shape index (κ1) is 53.6. The summed E-state index contributed by atoms with van der Waals surface area (Å²) < 4.78 is 61.4. The second kappa shape index (κ2) is 38.7. The van der Waals surface area contributed by atoms with Crippen LogP contribution in [-0.4, -0.2) is 163 Å². The van der Waals surface area contributed by atoms with Gasteiger partial charge in [0, 0.05) is 26.1 Å². The second-order valence-electron chi connectivity index (χ2n) is 15.4. The summed E-state index contributed by atoms with van der Waals surface area (Å²) in [7, 11) is 1.72. The van der Waals surface area contributed by atoms with Gasteiger partial charge >= 0.3 is 6.09 Å². The van der Waals surface area contributed by atoms with E-state index in [0.717, 1.165) is 13.0 Å². The number of nitrogens with zero attached hydrogens (tertiary/aromatic N) is 1. The van der Waals surface area contributed by atoms with Gasteiger partial charge in [0.25, 0.3) is 0 Å². The molecule has 0 saturated heterocycles. The van der Waals surface area contributed by atoms with Gasteiger partial charge in [0.15, 0.2) is 0 Å². The van der Waals surface area contributed by atoms with Gasteiger partial charge in [-0.2, -0.15) is 0 Å². The van der Waals surface area contributed by atoms with Gasteiger partial charge in [0.1, 0.15) is 6.61 Å². The second-order valence-corrected chi connectivity index (χ2v) is 15.4. The van der Waals surface area contributed by atoms with E-state index in [-0.39, 0.29) is 12.0 Å². The van der Waals surface area contributed by atoms with Gasteiger partial charge in [-0.05, 0) is 28.7 Å². The number of benzene rings is 2. The fraction of sp³-hybridized carbons (Fsp3) is 0.735. The third kappa shape index (κ3) is 26.2. The minimum atomic E-state index is -0.361. The number of hydrogen-bond donors (Lipinski definition) is 0. The van der Waals surface area contributed by atoms with Crippen molar-refractivity contribution in [3.63, 3.8) is 0 Å². The van der Waals surface area contributed by atoms with Crippen LogP contribution in [0.3, 0.4) is 0 Å². The van der Waals surface area contributed by atoms with E-state index in [1.807, 2.05) is 24.3 Å². The zero-order valence-corrected chi connectivity index (χ0v) is 38.4. The molecule has 0 heterocycles. The number of amides is 1. The molecule has 0 unspecified atom stereocenters. The predicted molar refractivity (Wildman–Crippen MR) is 242 cm³/mol. The largest absolute Gasteiger partial charge is 0.448 e. The van der Waals surface area contributed by atoms with Gasteiger partial charge < -0.3 is 57.0 Å². The molecule has 1 aliphatic carbocycles. The van der Waals surface area contributed by atoms with Crippen LogP contribution in [0.25, 0.3) is 11.1 Å². The molecule has 0 spiro atoms. The van der Waals surface area contributed by atoms with Crippen LogP contribution >= 0.6 is 0 Å². The fourth-order valence-electron chi connectivity index (χ4n) is 6.95. The highest BCUT2D eigenvalue weighted by molar-refractivity contribution is 5.79. The molecule has 0 aromatic heterocycles. The van der Waals surface area contributed by atoms with Crippen LogP contribution in [0.4, 0.5) is 4.79 Å². The maximum atomic E-state index is 12.6. The number of ether oxygens (including phenoxy) is 11. The topological polar surface area (TPSA) is 122 Å². The molecule has 1 aliphatic rings. The van der Waals surface area contributed by atoms with Gasteiger partial charge in [-0.1, -0.05) is 120 Å². The maximum Gasteiger partial charge on any atom is 0.409 e. The molecule has 354 valence electrons. The van der Waals surface area contributed by atoms with Crippen LogP contribution in [0, 0.1) is 0 Å². The number of rotatable bonds is 44. The Morgan fingerprint density at radius 3 is 1.10 bits per heavy atom. The highest BCUT2D eigenvalue weighted by Crippen LogP contribution is 2.44. The van der Waals surface area contributed by atoms with Gasteiger partial charge in [-0.15, -0.1) is 0 Å². The normalized spacial score (nSPS) is 12.2. The van der Waals surface area contributed by atoms with E-state index >= 15 is 0 Å². The standard InChI is InChI=1S/C49H81NO12/c1-3-4-5-6-7-8-9-10-11-12-17-23-52-25-27-54-29-31-56-33-35-58-37-39-60-41-42-61-40-38-59-36-34-57-32-30-55-28-26-53-24-22-50(2)49(51)62-43-48-46-20-15-13-18-44(46)45-19-14-16-21-47(45)48/h13-16,18-21,48H,3-12,17,22-43H2,1-2H3. The lowest BCUT2D eigenvalue weighted by atomic mass is 9.98. The van der Waals surface area contributed by atoms with Crippen molar-refractivity contribution >= 4 is 6.09 Å². The molecule has 3 rings (SSSR count). The first-order chi connectivity index (χ1) is 30.7. The zero-order valence-electron chi connectivity index (χ0n) is 38.4. The SMILES string of the molecule is CCCCCCCCCCCCCOCCOCCOCCOCCOCCOCCOCCOCCOCCOCCN(C)C(=O)OCC1c2ccccc2-c2ccccc21. The van der Waals surface area contributed by atoms with E-state index in [0.29, 0.717) is 139 Å². The minimum absolute atomic E-state index is 0.0397. The Morgan fingerprint density at radius 1 is 0.419 bits per heavy atom. The quantitative estimate of drug-likeness (QED) is 0.0595. The summed E-state index contributed by atoms with van der Waals surface area (Å²) in [5.41, 5.74) is 4.81. The molecule has 0 atom stereocenters. The van der Waals surface area contributed by atoms with Gasteiger partial charge in [0.2, 0.25) is 0 Å². The summed E-state index contributed by atoms with van der Waals surface area (Å²) in [6.45, 7) is 13.5. The van der Waals surface area contributed by atoms with Crippen molar-refractivity contribution in [1.82, 2.24) is 4.90 Å². The van der Waals surface area contributed by atoms with E-state index in [4.69, 9.17) is 52.1 Å². The molecule has 0 N–H and O–H groups in total. The summed E-state index contributed by atoms with van der Waals surface area (Å²) in [6.07, 6.45) is 14.5. The Morgan fingerprint density at radius 2 is 0.726 bits per heavy atom. The molecule has 0 radical (unpaired) electrons. The molecule has 0 saturated carbocycles. The number of carbonyl (C=O) groups is 1. The summed E-state index contributed by atoms with van der Waals surface area (Å²) >= 11 is 0.